The summed E-state index contributed by atoms with van der Waals surface area (Å²) in [6, 6.07) is 21.6. The Balaban J connectivity index is 1.57. The summed E-state index contributed by atoms with van der Waals surface area (Å²) in [6.45, 7) is 1.83. The van der Waals surface area contributed by atoms with Crippen LogP contribution in [0.5, 0.6) is 0 Å². The van der Waals surface area contributed by atoms with Crippen molar-refractivity contribution in [2.45, 2.75) is 13.3 Å². The number of nitrogens with one attached hydrogen (secondary N) is 2. The smallest absolute Gasteiger partial charge is 0.224 e. The second kappa shape index (κ2) is 8.11. The molecule has 158 valence electrons. The molecule has 0 aliphatic rings. The molecule has 0 fully saturated rings. The van der Waals surface area contributed by atoms with Gasteiger partial charge in [0.25, 0.3) is 0 Å². The molecular weight excluding hydrogens is 400 g/mol. The minimum absolute atomic E-state index is 0.0327. The molecule has 0 spiro atoms. The Morgan fingerprint density at radius 1 is 0.969 bits per heavy atom. The van der Waals surface area contributed by atoms with Crippen LogP contribution in [-0.4, -0.2) is 25.7 Å². The number of nitrogens with zero attached hydrogens (tertiary/aromatic N) is 4. The summed E-state index contributed by atoms with van der Waals surface area (Å²) in [7, 11) is 1.93. The van der Waals surface area contributed by atoms with Gasteiger partial charge in [0.1, 0.15) is 5.82 Å². The first-order valence-electron chi connectivity index (χ1n) is 10.5. The normalized spacial score (nSPS) is 11.1. The van der Waals surface area contributed by atoms with E-state index >= 15 is 0 Å². The number of amides is 1. The first-order chi connectivity index (χ1) is 15.6. The second-order valence-corrected chi connectivity index (χ2v) is 7.56. The molecule has 0 unspecified atom stereocenters. The van der Waals surface area contributed by atoms with E-state index in [2.05, 4.69) is 21.8 Å². The molecular formula is C25H22N6O. The molecule has 7 nitrogen and oxygen atoms in total. The van der Waals surface area contributed by atoms with Gasteiger partial charge in [0.2, 0.25) is 5.91 Å². The van der Waals surface area contributed by atoms with Crippen LogP contribution in [0.4, 0.5) is 17.2 Å². The number of rotatable bonds is 5. The van der Waals surface area contributed by atoms with Crippen molar-refractivity contribution in [1.82, 2.24) is 19.7 Å². The van der Waals surface area contributed by atoms with Crippen molar-refractivity contribution in [3.05, 3.63) is 72.9 Å². The maximum Gasteiger partial charge on any atom is 0.224 e. The van der Waals surface area contributed by atoms with Crippen LogP contribution in [0.25, 0.3) is 33.2 Å². The van der Waals surface area contributed by atoms with Gasteiger partial charge < -0.3 is 10.6 Å². The molecule has 3 aromatic carbocycles. The topological polar surface area (TPSA) is 84.7 Å². The van der Waals surface area contributed by atoms with Crippen LogP contribution in [0.3, 0.4) is 0 Å². The molecule has 2 N–H and O–H groups in total. The van der Waals surface area contributed by atoms with E-state index in [1.54, 1.807) is 0 Å². The van der Waals surface area contributed by atoms with Gasteiger partial charge in [0.15, 0.2) is 5.82 Å². The average Bonchev–Trinajstić information content (AvgIpc) is 3.19. The first kappa shape index (κ1) is 19.7. The van der Waals surface area contributed by atoms with Gasteiger partial charge in [-0.2, -0.15) is 5.10 Å². The van der Waals surface area contributed by atoms with E-state index in [9.17, 15) is 4.79 Å². The van der Waals surface area contributed by atoms with Crippen molar-refractivity contribution >= 4 is 44.9 Å². The van der Waals surface area contributed by atoms with E-state index in [1.807, 2.05) is 85.5 Å². The quantitative estimate of drug-likeness (QED) is 0.403. The van der Waals surface area contributed by atoms with Crippen LogP contribution in [0.15, 0.2) is 72.9 Å². The van der Waals surface area contributed by atoms with Gasteiger partial charge in [-0.3, -0.25) is 9.48 Å². The van der Waals surface area contributed by atoms with Crippen LogP contribution in [-0.2, 0) is 11.8 Å². The molecule has 5 aromatic rings. The lowest BCUT2D eigenvalue weighted by Crippen LogP contribution is -2.09. The van der Waals surface area contributed by atoms with Crippen LogP contribution >= 0.6 is 0 Å². The van der Waals surface area contributed by atoms with Crippen molar-refractivity contribution in [2.75, 3.05) is 10.6 Å². The predicted octanol–water partition coefficient (Wildman–Crippen LogP) is 5.28. The Kier molecular flexibility index (Phi) is 4.99. The van der Waals surface area contributed by atoms with Gasteiger partial charge in [-0.25, -0.2) is 9.97 Å². The summed E-state index contributed by atoms with van der Waals surface area (Å²) in [6.07, 6.45) is 2.27. The molecule has 2 heterocycles. The lowest BCUT2D eigenvalue weighted by atomic mass is 10.1. The van der Waals surface area contributed by atoms with Gasteiger partial charge in [-0.05, 0) is 42.5 Å². The molecule has 0 aliphatic heterocycles. The van der Waals surface area contributed by atoms with Crippen molar-refractivity contribution in [2.24, 2.45) is 7.05 Å². The number of hydrogen-bond acceptors (Lipinski definition) is 5. The number of aryl methyl sites for hydroxylation is 1. The van der Waals surface area contributed by atoms with E-state index in [-0.39, 0.29) is 5.91 Å². The highest BCUT2D eigenvalue weighted by atomic mass is 16.1. The zero-order valence-corrected chi connectivity index (χ0v) is 17.8. The molecule has 32 heavy (non-hydrogen) atoms. The third-order valence-corrected chi connectivity index (χ3v) is 5.34. The van der Waals surface area contributed by atoms with Crippen molar-refractivity contribution in [3.63, 3.8) is 0 Å². The van der Waals surface area contributed by atoms with E-state index in [0.29, 0.717) is 12.2 Å². The summed E-state index contributed by atoms with van der Waals surface area (Å²) in [5.74, 6) is 1.27. The van der Waals surface area contributed by atoms with Gasteiger partial charge in [-0.1, -0.05) is 31.2 Å². The second-order valence-electron chi connectivity index (χ2n) is 7.56. The highest BCUT2D eigenvalue weighted by Gasteiger charge is 2.11. The molecule has 7 heteroatoms. The molecule has 0 saturated heterocycles. The van der Waals surface area contributed by atoms with Crippen LogP contribution < -0.4 is 10.6 Å². The first-order valence-corrected chi connectivity index (χ1v) is 10.5. The number of para-hydroxylation sites is 1. The molecule has 0 atom stereocenters. The van der Waals surface area contributed by atoms with E-state index in [1.165, 1.54) is 0 Å². The maximum atomic E-state index is 11.8. The highest BCUT2D eigenvalue weighted by Crippen LogP contribution is 2.29. The van der Waals surface area contributed by atoms with E-state index in [4.69, 9.17) is 9.97 Å². The number of aromatic nitrogens is 4. The van der Waals surface area contributed by atoms with Crippen LogP contribution in [0, 0.1) is 0 Å². The summed E-state index contributed by atoms with van der Waals surface area (Å²) in [5.41, 5.74) is 4.38. The van der Waals surface area contributed by atoms with Gasteiger partial charge >= 0.3 is 0 Å². The van der Waals surface area contributed by atoms with E-state index < -0.39 is 0 Å². The number of carbonyl (C=O) groups is 1. The molecule has 5 rings (SSSR count). The Morgan fingerprint density at radius 3 is 2.72 bits per heavy atom. The predicted molar refractivity (Wildman–Crippen MR) is 128 cm³/mol. The minimum atomic E-state index is -0.0327. The Labute approximate surface area is 185 Å². The molecule has 0 saturated carbocycles. The zero-order chi connectivity index (χ0) is 22.1. The average molecular weight is 422 g/mol. The highest BCUT2D eigenvalue weighted by molar-refractivity contribution is 5.94. The van der Waals surface area contributed by atoms with Gasteiger partial charge in [0.05, 0.1) is 17.2 Å². The summed E-state index contributed by atoms with van der Waals surface area (Å²) < 4.78 is 1.85. The largest absolute Gasteiger partial charge is 0.340 e. The Hall–Kier alpha value is -4.26. The monoisotopic (exact) mass is 422 g/mol. The number of fused-ring (bicyclic) bond motifs is 2. The fourth-order valence-corrected chi connectivity index (χ4v) is 3.66. The van der Waals surface area contributed by atoms with Crippen molar-refractivity contribution in [1.29, 1.82) is 0 Å². The third-order valence-electron chi connectivity index (χ3n) is 5.34. The number of benzene rings is 3. The fourth-order valence-electron chi connectivity index (χ4n) is 3.66. The molecule has 1 amide bonds. The van der Waals surface area contributed by atoms with Crippen molar-refractivity contribution in [3.8, 4) is 11.4 Å². The summed E-state index contributed by atoms with van der Waals surface area (Å²) >= 11 is 0. The molecule has 0 radical (unpaired) electrons. The fraction of sp³-hybridized carbons (Fsp3) is 0.120. The van der Waals surface area contributed by atoms with Crippen molar-refractivity contribution < 1.29 is 4.79 Å². The van der Waals surface area contributed by atoms with Gasteiger partial charge in [0, 0.05) is 41.2 Å². The zero-order valence-electron chi connectivity index (χ0n) is 17.8. The number of anilines is 3. The van der Waals surface area contributed by atoms with E-state index in [0.717, 1.165) is 44.6 Å². The summed E-state index contributed by atoms with van der Waals surface area (Å²) in [5, 5.41) is 12.6. The standard InChI is InChI=1S/C25H22N6O/c1-3-23(32)27-18-8-6-7-16(13-18)24-29-21-10-5-4-9-20(21)25(30-24)28-19-11-12-22-17(14-19)15-26-31(22)2/h4-15H,3H2,1-2H3,(H,27,32)(H,28,29,30). The summed E-state index contributed by atoms with van der Waals surface area (Å²) in [4.78, 5) is 21.4. The van der Waals surface area contributed by atoms with Crippen LogP contribution in [0.2, 0.25) is 0 Å². The Morgan fingerprint density at radius 2 is 1.84 bits per heavy atom. The lowest BCUT2D eigenvalue weighted by Gasteiger charge is -2.12. The molecule has 0 bridgehead atoms. The molecule has 0 aliphatic carbocycles. The third kappa shape index (κ3) is 3.76. The van der Waals surface area contributed by atoms with Gasteiger partial charge in [-0.15, -0.1) is 0 Å². The van der Waals surface area contributed by atoms with Crippen LogP contribution in [0.1, 0.15) is 13.3 Å². The molecule has 2 aromatic heterocycles. The maximum absolute atomic E-state index is 11.8. The number of hydrogen-bond donors (Lipinski definition) is 2. The minimum Gasteiger partial charge on any atom is -0.340 e. The lowest BCUT2D eigenvalue weighted by molar-refractivity contribution is -0.115. The SMILES string of the molecule is CCC(=O)Nc1cccc(-c2nc(Nc3ccc4c(cnn4C)c3)c3ccccc3n2)c1. The number of carbonyl (C=O) groups excluding carboxylic acids is 1. The Bertz CT molecular complexity index is 1460.